The topological polar surface area (TPSA) is 108 Å². The van der Waals surface area contributed by atoms with Gasteiger partial charge in [-0.3, -0.25) is 20.6 Å². The predicted octanol–water partition coefficient (Wildman–Crippen LogP) is 11.2. The fraction of sp³-hybridized carbons (Fsp3) is 1.00. The van der Waals surface area contributed by atoms with Crippen LogP contribution < -0.4 is 0 Å². The van der Waals surface area contributed by atoms with E-state index in [2.05, 4.69) is 39.5 Å². The number of hydrogen-bond acceptors (Lipinski definition) is 4. The summed E-state index contributed by atoms with van der Waals surface area (Å²) in [6, 6.07) is 0.651. The molecule has 0 unspecified atom stereocenters. The molecule has 0 aromatic heterocycles. The largest absolute Gasteiger partial charge is 0.269 e. The molecule has 4 aliphatic heterocycles. The Bertz CT molecular complexity index is 570. The maximum absolute atomic E-state index is 7.13. The molecular formula is C26H62N8P4. The van der Waals surface area contributed by atoms with Gasteiger partial charge < -0.3 is 0 Å². The Balaban J connectivity index is -0.000000419. The average Bonchev–Trinajstić information content (AvgIpc) is 2.90. The summed E-state index contributed by atoms with van der Waals surface area (Å²) >= 11 is 0. The van der Waals surface area contributed by atoms with Crippen molar-refractivity contribution < 1.29 is 0 Å². The normalized spacial score (nSPS) is 27.1. The Hall–Kier alpha value is 0.240. The third-order valence-corrected chi connectivity index (χ3v) is 9.75. The van der Waals surface area contributed by atoms with Gasteiger partial charge in [-0.15, -0.1) is 0 Å². The highest BCUT2D eigenvalue weighted by Gasteiger charge is 2.16. The van der Waals surface area contributed by atoms with E-state index in [1.54, 1.807) is 0 Å². The molecule has 0 saturated carbocycles. The van der Waals surface area contributed by atoms with Gasteiger partial charge in [0.15, 0.2) is 0 Å². The maximum atomic E-state index is 7.13. The fourth-order valence-corrected chi connectivity index (χ4v) is 6.96. The summed E-state index contributed by atoms with van der Waals surface area (Å²) in [4.78, 5) is 0. The second kappa shape index (κ2) is 27.4. The molecular weight excluding hydrogens is 548 g/mol. The first kappa shape index (κ1) is 42.7. The second-order valence-electron chi connectivity index (χ2n) is 10.2. The van der Waals surface area contributed by atoms with E-state index in [4.69, 9.17) is 20.6 Å². The van der Waals surface area contributed by atoms with Crippen molar-refractivity contribution in [2.75, 3.05) is 45.8 Å². The van der Waals surface area contributed by atoms with Crippen molar-refractivity contribution in [3.05, 3.63) is 0 Å². The SMILES string of the molecule is C.C.C.C[C@@H]1CCCN(P=N)C1.C[C@H]1CCCCN1P=N.C[C@H]1CCCN(P=N)C1.N=PN1CCCCC1. The highest BCUT2D eigenvalue weighted by molar-refractivity contribution is 7.22. The Labute approximate surface area is 244 Å². The van der Waals surface area contributed by atoms with Crippen molar-refractivity contribution in [1.29, 1.82) is 20.6 Å². The molecule has 3 atom stereocenters. The Morgan fingerprint density at radius 1 is 0.474 bits per heavy atom. The third kappa shape index (κ3) is 20.2. The first-order valence-electron chi connectivity index (χ1n) is 13.4. The van der Waals surface area contributed by atoms with Gasteiger partial charge in [-0.25, -0.2) is 18.7 Å². The summed E-state index contributed by atoms with van der Waals surface area (Å²) in [5, 5.41) is 28.3. The van der Waals surface area contributed by atoms with Gasteiger partial charge in [0.25, 0.3) is 0 Å². The van der Waals surface area contributed by atoms with E-state index in [-0.39, 0.29) is 22.3 Å². The lowest BCUT2D eigenvalue weighted by atomic mass is 10.0. The standard InChI is InChI=1S/3C6H13N2P.C5H11N2P.3CH4/c2*1-6-3-2-4-8(5-6)9-7;1-6-4-2-3-5-8(6)9-7;6-8-7-4-2-1-3-5-7;;;/h3*6-7H,2-5H2,1H3;6H,1-5H2;3*1H4/t3*6-;;;;/m100..../s1. The van der Waals surface area contributed by atoms with Crippen molar-refractivity contribution >= 4 is 34.1 Å². The van der Waals surface area contributed by atoms with E-state index in [9.17, 15) is 0 Å². The van der Waals surface area contributed by atoms with E-state index in [0.717, 1.165) is 57.6 Å². The van der Waals surface area contributed by atoms with Crippen LogP contribution in [0.15, 0.2) is 0 Å². The minimum absolute atomic E-state index is 0. The van der Waals surface area contributed by atoms with Gasteiger partial charge in [0.05, 0.1) is 34.1 Å². The van der Waals surface area contributed by atoms with Gasteiger partial charge in [-0.1, -0.05) is 49.0 Å². The lowest BCUT2D eigenvalue weighted by molar-refractivity contribution is 0.288. The Morgan fingerprint density at radius 2 is 0.895 bits per heavy atom. The molecule has 4 fully saturated rings. The average molecular weight is 611 g/mol. The molecule has 38 heavy (non-hydrogen) atoms. The van der Waals surface area contributed by atoms with Crippen LogP contribution in [0.1, 0.15) is 107 Å². The lowest BCUT2D eigenvalue weighted by Gasteiger charge is -2.27. The maximum Gasteiger partial charge on any atom is 0.0905 e. The first-order chi connectivity index (χ1) is 16.9. The molecule has 4 N–H and O–H groups in total. The van der Waals surface area contributed by atoms with Gasteiger partial charge in [0.1, 0.15) is 0 Å². The second-order valence-corrected chi connectivity index (χ2v) is 13.3. The van der Waals surface area contributed by atoms with Crippen LogP contribution in [-0.4, -0.2) is 70.5 Å². The van der Waals surface area contributed by atoms with Crippen LogP contribution in [-0.2, 0) is 0 Å². The summed E-state index contributed by atoms with van der Waals surface area (Å²) in [5.41, 5.74) is 0. The van der Waals surface area contributed by atoms with Crippen molar-refractivity contribution in [1.82, 2.24) is 18.7 Å². The molecule has 12 heteroatoms. The molecule has 0 aromatic carbocycles. The summed E-state index contributed by atoms with van der Waals surface area (Å²) in [7, 11) is 2.82. The minimum Gasteiger partial charge on any atom is -0.269 e. The monoisotopic (exact) mass is 610 g/mol. The van der Waals surface area contributed by atoms with Crippen LogP contribution in [0.4, 0.5) is 0 Å². The van der Waals surface area contributed by atoms with Crippen molar-refractivity contribution in [2.45, 2.75) is 113 Å². The van der Waals surface area contributed by atoms with Gasteiger partial charge in [-0.05, 0) is 70.1 Å². The number of nitrogens with one attached hydrogen (secondary N) is 4. The van der Waals surface area contributed by atoms with Gasteiger partial charge in [0.2, 0.25) is 0 Å². The molecule has 0 radical (unpaired) electrons. The van der Waals surface area contributed by atoms with Gasteiger partial charge in [0, 0.05) is 51.9 Å². The molecule has 8 nitrogen and oxygen atoms in total. The molecule has 0 aliphatic carbocycles. The van der Waals surface area contributed by atoms with E-state index >= 15 is 0 Å². The van der Waals surface area contributed by atoms with Gasteiger partial charge in [-0.2, -0.15) is 0 Å². The number of hydrogen-bond donors (Lipinski definition) is 4. The summed E-state index contributed by atoms with van der Waals surface area (Å²) < 4.78 is 8.70. The highest BCUT2D eigenvalue weighted by Crippen LogP contribution is 2.22. The minimum atomic E-state index is 0. The zero-order valence-electron chi connectivity index (χ0n) is 22.3. The van der Waals surface area contributed by atoms with Crippen LogP contribution >= 0.6 is 34.1 Å². The predicted molar refractivity (Wildman–Crippen MR) is 174 cm³/mol. The number of nitrogens with zero attached hydrogens (tertiary/aromatic N) is 4. The highest BCUT2D eigenvalue weighted by atomic mass is 31.1. The Kier molecular flexibility index (Phi) is 30.8. The molecule has 0 spiro atoms. The van der Waals surface area contributed by atoms with E-state index in [0.29, 0.717) is 40.1 Å². The molecule has 4 saturated heterocycles. The summed E-state index contributed by atoms with van der Waals surface area (Å²) in [6.07, 6.45) is 13.2. The molecule has 0 bridgehead atoms. The van der Waals surface area contributed by atoms with Crippen LogP contribution in [0.3, 0.4) is 0 Å². The quantitative estimate of drug-likeness (QED) is 0.237. The fourth-order valence-electron chi connectivity index (χ4n) is 4.72. The molecule has 4 rings (SSSR count). The van der Waals surface area contributed by atoms with Crippen molar-refractivity contribution in [3.8, 4) is 0 Å². The molecule has 0 aromatic rings. The van der Waals surface area contributed by atoms with Crippen molar-refractivity contribution in [3.63, 3.8) is 0 Å². The first-order valence-corrected chi connectivity index (χ1v) is 16.8. The van der Waals surface area contributed by atoms with Crippen LogP contribution in [0, 0.1) is 32.5 Å². The van der Waals surface area contributed by atoms with E-state index in [1.165, 1.54) is 64.2 Å². The molecule has 4 aliphatic rings. The van der Waals surface area contributed by atoms with Crippen LogP contribution in [0.5, 0.6) is 0 Å². The zero-order valence-corrected chi connectivity index (χ0v) is 25.9. The number of piperidine rings is 4. The van der Waals surface area contributed by atoms with Crippen molar-refractivity contribution in [2.24, 2.45) is 11.8 Å². The third-order valence-electron chi connectivity index (χ3n) is 6.92. The smallest absolute Gasteiger partial charge is 0.0905 e. The van der Waals surface area contributed by atoms with E-state index < -0.39 is 0 Å². The molecule has 0 amide bonds. The molecule has 4 heterocycles. The number of rotatable bonds is 4. The van der Waals surface area contributed by atoms with E-state index in [1.807, 2.05) is 0 Å². The van der Waals surface area contributed by atoms with Crippen LogP contribution in [0.2, 0.25) is 0 Å². The summed E-state index contributed by atoms with van der Waals surface area (Å²) in [6.45, 7) is 14.7. The zero-order chi connectivity index (χ0) is 25.9. The summed E-state index contributed by atoms with van der Waals surface area (Å²) in [5.74, 6) is 1.63. The van der Waals surface area contributed by atoms with Crippen LogP contribution in [0.25, 0.3) is 0 Å². The lowest BCUT2D eigenvalue weighted by Crippen LogP contribution is -2.29. The van der Waals surface area contributed by atoms with Gasteiger partial charge >= 0.3 is 0 Å². The molecule has 226 valence electrons. The Morgan fingerprint density at radius 3 is 1.18 bits per heavy atom.